The molecular weight excluding hydrogens is 560 g/mol. The Kier molecular flexibility index (Phi) is 7.41. The molecule has 5 rings (SSSR count). The highest BCUT2D eigenvalue weighted by molar-refractivity contribution is 6.33. The van der Waals surface area contributed by atoms with Crippen LogP contribution >= 0.6 is 11.6 Å². The minimum absolute atomic E-state index is 0.117. The van der Waals surface area contributed by atoms with Crippen molar-refractivity contribution in [2.45, 2.75) is 25.2 Å². The van der Waals surface area contributed by atoms with Crippen molar-refractivity contribution in [1.29, 1.82) is 0 Å². The summed E-state index contributed by atoms with van der Waals surface area (Å²) in [4.78, 5) is 50.8. The van der Waals surface area contributed by atoms with Crippen molar-refractivity contribution in [2.24, 2.45) is 5.73 Å². The summed E-state index contributed by atoms with van der Waals surface area (Å²) in [5.74, 6) is -4.41. The lowest BCUT2D eigenvalue weighted by molar-refractivity contribution is -0.137. The summed E-state index contributed by atoms with van der Waals surface area (Å²) < 4.78 is 31.0. The minimum atomic E-state index is -1.51. The second-order valence-corrected chi connectivity index (χ2v) is 9.85. The summed E-state index contributed by atoms with van der Waals surface area (Å²) in [6.07, 6.45) is -1.82. The lowest BCUT2D eigenvalue weighted by atomic mass is 10.0. The Bertz CT molecular complexity index is 1730. The number of nitrogens with zero attached hydrogens (tertiary/aromatic N) is 3. The summed E-state index contributed by atoms with van der Waals surface area (Å²) in [6, 6.07) is 13.6. The predicted octanol–water partition coefficient (Wildman–Crippen LogP) is 3.87. The summed E-state index contributed by atoms with van der Waals surface area (Å²) in [6.45, 7) is -0.882. The zero-order chi connectivity index (χ0) is 29.4. The topological polar surface area (TPSA) is 148 Å². The van der Waals surface area contributed by atoms with Crippen molar-refractivity contribution in [3.63, 3.8) is 0 Å². The number of carboxylic acids is 1. The Hall–Kier alpha value is -4.84. The number of likely N-dealkylation sites (tertiary alicyclic amines) is 1. The molecule has 1 fully saturated rings. The van der Waals surface area contributed by atoms with Crippen molar-refractivity contribution < 1.29 is 33.1 Å². The zero-order valence-corrected chi connectivity index (χ0v) is 21.9. The van der Waals surface area contributed by atoms with Crippen molar-refractivity contribution in [3.8, 4) is 11.1 Å². The second kappa shape index (κ2) is 11.0. The Morgan fingerprint density at radius 1 is 1.07 bits per heavy atom. The predicted molar refractivity (Wildman–Crippen MR) is 146 cm³/mol. The number of rotatable bonds is 7. The summed E-state index contributed by atoms with van der Waals surface area (Å²) >= 11 is 6.21. The molecule has 2 heterocycles. The molecule has 1 saturated heterocycles. The molecule has 1 aromatic heterocycles. The van der Waals surface area contributed by atoms with Crippen LogP contribution in [0.2, 0.25) is 5.02 Å². The number of amides is 3. The van der Waals surface area contributed by atoms with Crippen molar-refractivity contribution >= 4 is 51.9 Å². The molecule has 0 aliphatic carbocycles. The number of carboxylic acid groups (broad SMARTS) is 1. The van der Waals surface area contributed by atoms with Gasteiger partial charge in [-0.3, -0.25) is 19.1 Å². The first-order valence-corrected chi connectivity index (χ1v) is 12.7. The number of carbonyl (C=O) groups excluding carboxylic acids is 3. The van der Waals surface area contributed by atoms with Crippen LogP contribution < -0.4 is 11.1 Å². The molecule has 0 radical (unpaired) electrons. The van der Waals surface area contributed by atoms with E-state index >= 15 is 4.39 Å². The van der Waals surface area contributed by atoms with E-state index in [2.05, 4.69) is 10.4 Å². The van der Waals surface area contributed by atoms with Gasteiger partial charge in [-0.05, 0) is 30.3 Å². The number of anilines is 1. The number of nitrogens with one attached hydrogen (secondary N) is 1. The lowest BCUT2D eigenvalue weighted by Gasteiger charge is -2.24. The van der Waals surface area contributed by atoms with E-state index in [1.54, 1.807) is 24.3 Å². The molecule has 41 heavy (non-hydrogen) atoms. The van der Waals surface area contributed by atoms with Crippen molar-refractivity contribution in [1.82, 2.24) is 14.7 Å². The molecule has 13 heteroatoms. The fraction of sp³-hybridized carbons (Fsp3) is 0.179. The first-order chi connectivity index (χ1) is 19.5. The third kappa shape index (κ3) is 5.33. The van der Waals surface area contributed by atoms with Gasteiger partial charge in [0.15, 0.2) is 11.5 Å². The molecule has 10 nitrogen and oxygen atoms in total. The number of primary amides is 1. The normalized spacial score (nSPS) is 16.6. The van der Waals surface area contributed by atoms with Gasteiger partial charge in [0.25, 0.3) is 5.91 Å². The fourth-order valence-electron chi connectivity index (χ4n) is 4.87. The van der Waals surface area contributed by atoms with Crippen LogP contribution in [-0.4, -0.2) is 62.2 Å². The van der Waals surface area contributed by atoms with Gasteiger partial charge in [-0.15, -0.1) is 0 Å². The molecule has 1 aliphatic rings. The number of aromatic nitrogens is 2. The number of fused-ring (bicyclic) bond motifs is 1. The summed E-state index contributed by atoms with van der Waals surface area (Å²) in [7, 11) is 0. The van der Waals surface area contributed by atoms with E-state index in [0.29, 0.717) is 10.6 Å². The van der Waals surface area contributed by atoms with Gasteiger partial charge in [-0.1, -0.05) is 41.9 Å². The van der Waals surface area contributed by atoms with E-state index in [1.165, 1.54) is 36.4 Å². The van der Waals surface area contributed by atoms with E-state index in [9.17, 15) is 28.7 Å². The second-order valence-electron chi connectivity index (χ2n) is 9.44. The first kappa shape index (κ1) is 27.7. The molecule has 0 bridgehead atoms. The molecule has 4 N–H and O–H groups in total. The maximum atomic E-state index is 15.4. The number of alkyl halides is 1. The Morgan fingerprint density at radius 2 is 1.80 bits per heavy atom. The van der Waals surface area contributed by atoms with Crippen LogP contribution in [0.5, 0.6) is 0 Å². The zero-order valence-electron chi connectivity index (χ0n) is 21.2. The van der Waals surface area contributed by atoms with Gasteiger partial charge in [-0.2, -0.15) is 5.10 Å². The van der Waals surface area contributed by atoms with Gasteiger partial charge in [0.1, 0.15) is 18.8 Å². The minimum Gasteiger partial charge on any atom is -0.478 e. The Morgan fingerprint density at radius 3 is 2.51 bits per heavy atom. The number of nitrogens with two attached hydrogens (primary N) is 1. The molecule has 210 valence electrons. The monoisotopic (exact) mass is 581 g/mol. The van der Waals surface area contributed by atoms with Gasteiger partial charge in [0.05, 0.1) is 23.3 Å². The summed E-state index contributed by atoms with van der Waals surface area (Å²) in [5, 5.41) is 16.2. The van der Waals surface area contributed by atoms with Crippen LogP contribution in [0, 0.1) is 5.82 Å². The molecule has 0 saturated carbocycles. The number of hydrogen-bond acceptors (Lipinski definition) is 5. The Balaban J connectivity index is 1.39. The number of aromatic carboxylic acids is 1. The molecule has 3 aromatic carbocycles. The SMILES string of the molecule is NC(=O)c1nn(CC(=O)N2CC(F)CC2C(=O)Nc2cccc(-c3ccccc3Cl)c2F)c2ccc(C(=O)O)cc12. The smallest absolute Gasteiger partial charge is 0.335 e. The van der Waals surface area contributed by atoms with Crippen molar-refractivity contribution in [2.75, 3.05) is 11.9 Å². The molecule has 1 aliphatic heterocycles. The van der Waals surface area contributed by atoms with Gasteiger partial charge in [-0.25, -0.2) is 13.6 Å². The number of carbonyl (C=O) groups is 4. The molecular formula is C28H22ClF2N5O5. The fourth-order valence-corrected chi connectivity index (χ4v) is 5.11. The van der Waals surface area contributed by atoms with Crippen LogP contribution in [0.25, 0.3) is 22.0 Å². The third-order valence-electron chi connectivity index (χ3n) is 6.81. The molecule has 3 amide bonds. The Labute approximate surface area is 236 Å². The maximum absolute atomic E-state index is 15.4. The lowest BCUT2D eigenvalue weighted by Crippen LogP contribution is -2.44. The third-order valence-corrected chi connectivity index (χ3v) is 7.14. The van der Waals surface area contributed by atoms with Crippen molar-refractivity contribution in [3.05, 3.63) is 82.8 Å². The first-order valence-electron chi connectivity index (χ1n) is 12.4. The van der Waals surface area contributed by atoms with Crippen LogP contribution in [-0.2, 0) is 16.1 Å². The maximum Gasteiger partial charge on any atom is 0.335 e. The van der Waals surface area contributed by atoms with Gasteiger partial charge in [0.2, 0.25) is 11.8 Å². The highest BCUT2D eigenvalue weighted by Gasteiger charge is 2.40. The van der Waals surface area contributed by atoms with E-state index in [-0.39, 0.29) is 46.4 Å². The summed E-state index contributed by atoms with van der Waals surface area (Å²) in [5.41, 5.74) is 5.68. The number of hydrogen-bond donors (Lipinski definition) is 3. The highest BCUT2D eigenvalue weighted by Crippen LogP contribution is 2.33. The van der Waals surface area contributed by atoms with Gasteiger partial charge in [0, 0.05) is 28.0 Å². The molecule has 0 spiro atoms. The largest absolute Gasteiger partial charge is 0.478 e. The van der Waals surface area contributed by atoms with E-state index in [0.717, 1.165) is 9.58 Å². The van der Waals surface area contributed by atoms with Crippen LogP contribution in [0.15, 0.2) is 60.7 Å². The quantitative estimate of drug-likeness (QED) is 0.302. The molecule has 2 unspecified atom stereocenters. The number of benzene rings is 3. The highest BCUT2D eigenvalue weighted by atomic mass is 35.5. The van der Waals surface area contributed by atoms with Crippen LogP contribution in [0.1, 0.15) is 27.3 Å². The van der Waals surface area contributed by atoms with Gasteiger partial charge >= 0.3 is 5.97 Å². The van der Waals surface area contributed by atoms with Crippen LogP contribution in [0.4, 0.5) is 14.5 Å². The van der Waals surface area contributed by atoms with Crippen LogP contribution in [0.3, 0.4) is 0 Å². The van der Waals surface area contributed by atoms with E-state index in [1.807, 2.05) is 0 Å². The van der Waals surface area contributed by atoms with Gasteiger partial charge < -0.3 is 21.1 Å². The average Bonchev–Trinajstić information content (AvgIpc) is 3.51. The average molecular weight is 582 g/mol. The standard InChI is InChI=1S/C28H22ClF2N5O5/c29-19-6-2-1-4-16(19)17-5-3-7-20(24(17)31)33-27(39)22-11-15(30)12-35(22)23(37)13-36-21-9-8-14(28(40)41)10-18(21)25(34-36)26(32)38/h1-10,15,22H,11-13H2,(H2,32,38)(H,33,39)(H,40,41). The van der Waals surface area contributed by atoms with E-state index in [4.69, 9.17) is 17.3 Å². The molecule has 4 aromatic rings. The van der Waals surface area contributed by atoms with E-state index < -0.39 is 48.3 Å². The number of halogens is 3. The molecule has 2 atom stereocenters.